The third-order valence-corrected chi connectivity index (χ3v) is 5.88. The number of ether oxygens (including phenoxy) is 2. The normalized spacial score (nSPS) is 17.4. The Morgan fingerprint density at radius 1 is 1.19 bits per heavy atom. The number of fused-ring (bicyclic) bond motifs is 1. The topological polar surface area (TPSA) is 127 Å². The molecule has 4 rings (SSSR count). The first-order chi connectivity index (χ1) is 15.3. The fourth-order valence-electron chi connectivity index (χ4n) is 4.16. The lowest BCUT2D eigenvalue weighted by molar-refractivity contribution is -0.140. The van der Waals surface area contributed by atoms with Crippen LogP contribution in [-0.2, 0) is 14.3 Å². The minimum Gasteiger partial charge on any atom is -0.497 e. The fourth-order valence-corrected chi connectivity index (χ4v) is 4.16. The molecule has 168 valence electrons. The Hall–Kier alpha value is -3.69. The highest BCUT2D eigenvalue weighted by molar-refractivity contribution is 6.08. The number of hydrazine groups is 1. The molecule has 1 saturated heterocycles. The van der Waals surface area contributed by atoms with Crippen molar-refractivity contribution < 1.29 is 28.7 Å². The molecule has 2 aliphatic rings. The van der Waals surface area contributed by atoms with E-state index in [0.717, 1.165) is 19.3 Å². The van der Waals surface area contributed by atoms with Crippen molar-refractivity contribution in [1.82, 2.24) is 20.7 Å². The number of nitrogens with one attached hydrogen (secondary N) is 2. The maximum atomic E-state index is 12.7. The van der Waals surface area contributed by atoms with Crippen LogP contribution in [0.25, 0.3) is 10.9 Å². The zero-order chi connectivity index (χ0) is 22.9. The Bertz CT molecular complexity index is 1110. The van der Waals surface area contributed by atoms with Gasteiger partial charge in [-0.2, -0.15) is 5.01 Å². The van der Waals surface area contributed by atoms with E-state index >= 15 is 0 Å². The first-order valence-corrected chi connectivity index (χ1v) is 10.4. The number of imide groups is 1. The molecule has 10 heteroatoms. The minimum absolute atomic E-state index is 0.214. The zero-order valence-corrected chi connectivity index (χ0v) is 17.9. The van der Waals surface area contributed by atoms with Crippen molar-refractivity contribution in [1.29, 1.82) is 0 Å². The molecule has 2 heterocycles. The predicted molar refractivity (Wildman–Crippen MR) is 113 cm³/mol. The van der Waals surface area contributed by atoms with Gasteiger partial charge in [-0.15, -0.1) is 0 Å². The maximum Gasteiger partial charge on any atom is 0.344 e. The van der Waals surface area contributed by atoms with Crippen molar-refractivity contribution in [3.8, 4) is 5.75 Å². The van der Waals surface area contributed by atoms with Gasteiger partial charge in [-0.3, -0.25) is 20.0 Å². The molecule has 1 aromatic carbocycles. The van der Waals surface area contributed by atoms with Gasteiger partial charge in [0, 0.05) is 11.5 Å². The summed E-state index contributed by atoms with van der Waals surface area (Å²) < 4.78 is 10.3. The van der Waals surface area contributed by atoms with Crippen LogP contribution in [0.3, 0.4) is 0 Å². The first-order valence-electron chi connectivity index (χ1n) is 10.4. The number of esters is 1. The lowest BCUT2D eigenvalue weighted by atomic mass is 9.82. The number of hydrogen-bond acceptors (Lipinski definition) is 7. The Morgan fingerprint density at radius 3 is 2.66 bits per heavy atom. The van der Waals surface area contributed by atoms with E-state index < -0.39 is 36.0 Å². The SMILES string of the molecule is COc1ccc2cc(C(=O)OCC(=O)NN3C(=O)NC4(CCCCC4)C3=O)c(C)nc2c1. The van der Waals surface area contributed by atoms with Crippen LogP contribution in [0.2, 0.25) is 0 Å². The summed E-state index contributed by atoms with van der Waals surface area (Å²) in [4.78, 5) is 54.1. The summed E-state index contributed by atoms with van der Waals surface area (Å²) >= 11 is 0. The van der Waals surface area contributed by atoms with Crippen LogP contribution in [0, 0.1) is 6.92 Å². The lowest BCUT2D eigenvalue weighted by Gasteiger charge is -2.30. The third-order valence-electron chi connectivity index (χ3n) is 5.88. The Kier molecular flexibility index (Phi) is 5.68. The average Bonchev–Trinajstić information content (AvgIpc) is 3.00. The van der Waals surface area contributed by atoms with E-state index in [1.807, 2.05) is 0 Å². The summed E-state index contributed by atoms with van der Waals surface area (Å²) in [6.45, 7) is 1.01. The summed E-state index contributed by atoms with van der Waals surface area (Å²) in [6.07, 6.45) is 3.75. The summed E-state index contributed by atoms with van der Waals surface area (Å²) in [5, 5.41) is 4.09. The van der Waals surface area contributed by atoms with Gasteiger partial charge in [0.25, 0.3) is 11.8 Å². The average molecular weight is 440 g/mol. The summed E-state index contributed by atoms with van der Waals surface area (Å²) in [5.41, 5.74) is 2.60. The number of pyridine rings is 1. The van der Waals surface area contributed by atoms with Crippen molar-refractivity contribution in [3.63, 3.8) is 0 Å². The number of rotatable bonds is 5. The van der Waals surface area contributed by atoms with Gasteiger partial charge in [0.2, 0.25) is 0 Å². The van der Waals surface area contributed by atoms with E-state index in [-0.39, 0.29) is 5.56 Å². The van der Waals surface area contributed by atoms with Crippen molar-refractivity contribution >= 4 is 34.7 Å². The summed E-state index contributed by atoms with van der Waals surface area (Å²) in [6, 6.07) is 6.22. The fraction of sp³-hybridized carbons (Fsp3) is 0.409. The van der Waals surface area contributed by atoms with E-state index in [1.54, 1.807) is 38.3 Å². The highest BCUT2D eigenvalue weighted by Crippen LogP contribution is 2.33. The number of carbonyl (C=O) groups excluding carboxylic acids is 4. The largest absolute Gasteiger partial charge is 0.497 e. The summed E-state index contributed by atoms with van der Waals surface area (Å²) in [7, 11) is 1.55. The molecule has 4 amide bonds. The lowest BCUT2D eigenvalue weighted by Crippen LogP contribution is -2.51. The molecule has 10 nitrogen and oxygen atoms in total. The smallest absolute Gasteiger partial charge is 0.344 e. The number of nitrogens with zero attached hydrogens (tertiary/aromatic N) is 2. The number of aromatic nitrogens is 1. The number of amides is 4. The second-order valence-electron chi connectivity index (χ2n) is 8.00. The third kappa shape index (κ3) is 3.95. The van der Waals surface area contributed by atoms with Crippen LogP contribution >= 0.6 is 0 Å². The Labute approximate surface area is 184 Å². The number of aryl methyl sites for hydroxylation is 1. The van der Waals surface area contributed by atoms with Gasteiger partial charge in [-0.05, 0) is 38.0 Å². The molecule has 1 saturated carbocycles. The van der Waals surface area contributed by atoms with E-state index in [0.29, 0.717) is 40.2 Å². The number of benzene rings is 1. The molecule has 0 unspecified atom stereocenters. The van der Waals surface area contributed by atoms with Gasteiger partial charge in [0.1, 0.15) is 11.3 Å². The van der Waals surface area contributed by atoms with Crippen LogP contribution in [0.1, 0.15) is 48.2 Å². The number of hydrogen-bond donors (Lipinski definition) is 2. The molecule has 0 atom stereocenters. The van der Waals surface area contributed by atoms with Gasteiger partial charge < -0.3 is 14.8 Å². The monoisotopic (exact) mass is 440 g/mol. The van der Waals surface area contributed by atoms with Crippen LogP contribution in [0.5, 0.6) is 5.75 Å². The van der Waals surface area contributed by atoms with Crippen LogP contribution in [0.4, 0.5) is 4.79 Å². The minimum atomic E-state index is -0.949. The molecular weight excluding hydrogens is 416 g/mol. The highest BCUT2D eigenvalue weighted by Gasteiger charge is 2.52. The molecule has 1 aliphatic carbocycles. The maximum absolute atomic E-state index is 12.7. The number of urea groups is 1. The summed E-state index contributed by atoms with van der Waals surface area (Å²) in [5.74, 6) is -1.35. The van der Waals surface area contributed by atoms with Crippen molar-refractivity contribution in [2.24, 2.45) is 0 Å². The highest BCUT2D eigenvalue weighted by atomic mass is 16.5. The molecule has 1 aromatic heterocycles. The Balaban J connectivity index is 1.39. The number of carbonyl (C=O) groups is 4. The van der Waals surface area contributed by atoms with Gasteiger partial charge in [0.15, 0.2) is 6.61 Å². The molecule has 2 N–H and O–H groups in total. The van der Waals surface area contributed by atoms with Gasteiger partial charge in [-0.25, -0.2) is 9.59 Å². The molecule has 2 fully saturated rings. The first kappa shape index (κ1) is 21.5. The standard InChI is InChI=1S/C22H24N4O6/c1-13-16(10-14-6-7-15(31-2)11-17(14)23-13)19(28)32-12-18(27)25-26-20(29)22(24-21(26)30)8-4-3-5-9-22/h6-7,10-11H,3-5,8-9,12H2,1-2H3,(H,24,30)(H,25,27). The predicted octanol–water partition coefficient (Wildman–Crippen LogP) is 1.99. The quantitative estimate of drug-likeness (QED) is 0.538. The van der Waals surface area contributed by atoms with Crippen LogP contribution in [-0.4, -0.2) is 53.1 Å². The molecule has 0 bridgehead atoms. The molecule has 2 aromatic rings. The van der Waals surface area contributed by atoms with Crippen LogP contribution < -0.4 is 15.5 Å². The molecule has 0 radical (unpaired) electrons. The second kappa shape index (κ2) is 8.45. The van der Waals surface area contributed by atoms with Gasteiger partial charge in [0.05, 0.1) is 23.9 Å². The van der Waals surface area contributed by atoms with E-state index in [4.69, 9.17) is 9.47 Å². The van der Waals surface area contributed by atoms with E-state index in [9.17, 15) is 19.2 Å². The zero-order valence-electron chi connectivity index (χ0n) is 17.9. The van der Waals surface area contributed by atoms with Crippen molar-refractivity contribution in [3.05, 3.63) is 35.5 Å². The van der Waals surface area contributed by atoms with Crippen molar-refractivity contribution in [2.75, 3.05) is 13.7 Å². The Morgan fingerprint density at radius 2 is 1.94 bits per heavy atom. The number of methoxy groups -OCH3 is 1. The van der Waals surface area contributed by atoms with Gasteiger partial charge in [-0.1, -0.05) is 19.3 Å². The molecule has 1 spiro atoms. The van der Waals surface area contributed by atoms with Gasteiger partial charge >= 0.3 is 12.0 Å². The molecule has 1 aliphatic heterocycles. The molecule has 32 heavy (non-hydrogen) atoms. The van der Waals surface area contributed by atoms with E-state index in [1.165, 1.54) is 0 Å². The van der Waals surface area contributed by atoms with Crippen LogP contribution in [0.15, 0.2) is 24.3 Å². The molecular formula is C22H24N4O6. The van der Waals surface area contributed by atoms with Crippen molar-refractivity contribution in [2.45, 2.75) is 44.6 Å². The van der Waals surface area contributed by atoms with E-state index in [2.05, 4.69) is 15.7 Å². The second-order valence-corrected chi connectivity index (χ2v) is 8.00.